The van der Waals surface area contributed by atoms with Gasteiger partial charge in [-0.3, -0.25) is 9.59 Å². The second kappa shape index (κ2) is 10.4. The Morgan fingerprint density at radius 3 is 2.06 bits per heavy atom. The highest BCUT2D eigenvalue weighted by Gasteiger charge is 2.25. The van der Waals surface area contributed by atoms with Crippen molar-refractivity contribution in [3.8, 4) is 5.75 Å². The first-order valence-corrected chi connectivity index (χ1v) is 11.4. The Morgan fingerprint density at radius 2 is 1.58 bits per heavy atom. The maximum atomic E-state index is 12.8. The first kappa shape index (κ1) is 24.4. The van der Waals surface area contributed by atoms with Crippen LogP contribution in [-0.2, 0) is 14.8 Å². The summed E-state index contributed by atoms with van der Waals surface area (Å²) in [4.78, 5) is 25.5. The van der Waals surface area contributed by atoms with E-state index < -0.39 is 22.0 Å². The van der Waals surface area contributed by atoms with Crippen LogP contribution in [-0.4, -0.2) is 51.3 Å². The van der Waals surface area contributed by atoms with E-state index in [1.165, 1.54) is 38.4 Å². The molecule has 0 spiro atoms. The van der Waals surface area contributed by atoms with E-state index in [1.54, 1.807) is 24.3 Å². The van der Waals surface area contributed by atoms with E-state index in [2.05, 4.69) is 10.6 Å². The van der Waals surface area contributed by atoms with Gasteiger partial charge >= 0.3 is 0 Å². The molecule has 0 radical (unpaired) electrons. The molecule has 8 nitrogen and oxygen atoms in total. The zero-order valence-corrected chi connectivity index (χ0v) is 19.2. The molecule has 2 amide bonds. The molecule has 2 aromatic rings. The largest absolute Gasteiger partial charge is 0.494 e. The molecule has 168 valence electrons. The lowest BCUT2D eigenvalue weighted by Crippen LogP contribution is -2.47. The number of carbonyl (C=O) groups excluding carboxylic acids is 2. The second-order valence-electron chi connectivity index (χ2n) is 7.45. The normalized spacial score (nSPS) is 12.5. The molecule has 0 bridgehead atoms. The van der Waals surface area contributed by atoms with E-state index in [9.17, 15) is 18.0 Å². The Bertz CT molecular complexity index is 1000. The predicted molar refractivity (Wildman–Crippen MR) is 120 cm³/mol. The molecule has 0 saturated heterocycles. The zero-order chi connectivity index (χ0) is 23.2. The topological polar surface area (TPSA) is 105 Å². The molecule has 0 aliphatic carbocycles. The molecule has 0 unspecified atom stereocenters. The average Bonchev–Trinajstić information content (AvgIpc) is 2.72. The van der Waals surface area contributed by atoms with Gasteiger partial charge in [-0.05, 0) is 61.4 Å². The van der Waals surface area contributed by atoms with Crippen molar-refractivity contribution in [1.82, 2.24) is 9.62 Å². The minimum atomic E-state index is -3.55. The zero-order valence-electron chi connectivity index (χ0n) is 18.4. The third-order valence-electron chi connectivity index (χ3n) is 4.56. The van der Waals surface area contributed by atoms with Gasteiger partial charge in [0.05, 0.1) is 11.5 Å². The van der Waals surface area contributed by atoms with Crippen molar-refractivity contribution in [2.45, 2.75) is 31.7 Å². The van der Waals surface area contributed by atoms with Crippen LogP contribution in [0.2, 0.25) is 0 Å². The molecule has 9 heteroatoms. The summed E-state index contributed by atoms with van der Waals surface area (Å²) in [6.07, 6.45) is 0. The van der Waals surface area contributed by atoms with Crippen molar-refractivity contribution in [3.63, 3.8) is 0 Å². The molecule has 0 aliphatic heterocycles. The number of hydrogen-bond acceptors (Lipinski definition) is 5. The molecule has 0 saturated carbocycles. The third kappa shape index (κ3) is 6.28. The molecule has 2 aromatic carbocycles. The molecule has 0 fully saturated rings. The minimum absolute atomic E-state index is 0.125. The van der Waals surface area contributed by atoms with Gasteiger partial charge in [0, 0.05) is 25.3 Å². The lowest BCUT2D eigenvalue weighted by Gasteiger charge is -2.22. The van der Waals surface area contributed by atoms with Crippen LogP contribution < -0.4 is 15.4 Å². The summed E-state index contributed by atoms with van der Waals surface area (Å²) in [7, 11) is -0.651. The average molecular weight is 448 g/mol. The number of nitrogens with one attached hydrogen (secondary N) is 2. The fourth-order valence-corrected chi connectivity index (χ4v) is 3.67. The summed E-state index contributed by atoms with van der Waals surface area (Å²) >= 11 is 0. The van der Waals surface area contributed by atoms with Gasteiger partial charge in [-0.25, -0.2) is 12.7 Å². The monoisotopic (exact) mass is 447 g/mol. The number of rotatable bonds is 9. The second-order valence-corrected chi connectivity index (χ2v) is 9.61. The van der Waals surface area contributed by atoms with Crippen LogP contribution in [0.5, 0.6) is 5.75 Å². The highest BCUT2D eigenvalue weighted by molar-refractivity contribution is 7.89. The van der Waals surface area contributed by atoms with Crippen LogP contribution in [0.25, 0.3) is 0 Å². The van der Waals surface area contributed by atoms with Gasteiger partial charge in [-0.2, -0.15) is 0 Å². The van der Waals surface area contributed by atoms with Gasteiger partial charge in [0.15, 0.2) is 0 Å². The number of anilines is 1. The Hall–Kier alpha value is -2.91. The van der Waals surface area contributed by atoms with Crippen molar-refractivity contribution in [3.05, 3.63) is 54.1 Å². The molecule has 2 rings (SSSR count). The van der Waals surface area contributed by atoms with E-state index in [0.717, 1.165) is 4.31 Å². The molecular formula is C22H29N3O5S. The fraction of sp³-hybridized carbons (Fsp3) is 0.364. The summed E-state index contributed by atoms with van der Waals surface area (Å²) < 4.78 is 30.8. The van der Waals surface area contributed by atoms with E-state index in [0.29, 0.717) is 23.6 Å². The quantitative estimate of drug-likeness (QED) is 0.615. The predicted octanol–water partition coefficient (Wildman–Crippen LogP) is 2.73. The van der Waals surface area contributed by atoms with Crippen LogP contribution in [0.4, 0.5) is 5.69 Å². The number of benzene rings is 2. The molecule has 0 aliphatic rings. The van der Waals surface area contributed by atoms with E-state index in [-0.39, 0.29) is 16.7 Å². The van der Waals surface area contributed by atoms with E-state index in [4.69, 9.17) is 4.74 Å². The lowest BCUT2D eigenvalue weighted by atomic mass is 10.0. The van der Waals surface area contributed by atoms with Gasteiger partial charge < -0.3 is 15.4 Å². The third-order valence-corrected chi connectivity index (χ3v) is 6.39. The summed E-state index contributed by atoms with van der Waals surface area (Å²) in [5.41, 5.74) is 0.851. The molecule has 31 heavy (non-hydrogen) atoms. The molecule has 2 N–H and O–H groups in total. The smallest absolute Gasteiger partial charge is 0.251 e. The first-order chi connectivity index (χ1) is 14.6. The number of carbonyl (C=O) groups is 2. The summed E-state index contributed by atoms with van der Waals surface area (Å²) in [5.74, 6) is -0.265. The lowest BCUT2D eigenvalue weighted by molar-refractivity contribution is -0.118. The Kier molecular flexibility index (Phi) is 8.18. The van der Waals surface area contributed by atoms with Crippen LogP contribution in [0, 0.1) is 5.92 Å². The highest BCUT2D eigenvalue weighted by Crippen LogP contribution is 2.18. The molecule has 0 heterocycles. The number of hydrogen-bond donors (Lipinski definition) is 2. The van der Waals surface area contributed by atoms with Crippen LogP contribution in [0.1, 0.15) is 31.1 Å². The number of ether oxygens (including phenoxy) is 1. The van der Waals surface area contributed by atoms with E-state index in [1.807, 2.05) is 20.8 Å². The number of amides is 2. The van der Waals surface area contributed by atoms with Gasteiger partial charge in [-0.1, -0.05) is 13.8 Å². The van der Waals surface area contributed by atoms with Gasteiger partial charge in [0.25, 0.3) is 5.91 Å². The standard InChI is InChI=1S/C22H29N3O5S/c1-6-30-18-11-7-16(8-12-18)21(26)24-20(15(2)3)22(27)23-17-9-13-19(14-10-17)31(28,29)25(4)5/h7-15,20H,6H2,1-5H3,(H,23,27)(H,24,26)/t20-/m0/s1. The van der Waals surface area contributed by atoms with Crippen LogP contribution in [0.3, 0.4) is 0 Å². The first-order valence-electron chi connectivity index (χ1n) is 9.93. The maximum absolute atomic E-state index is 12.8. The van der Waals surface area contributed by atoms with Crippen molar-refractivity contribution >= 4 is 27.5 Å². The molecular weight excluding hydrogens is 418 g/mol. The van der Waals surface area contributed by atoms with Crippen molar-refractivity contribution in [1.29, 1.82) is 0 Å². The summed E-state index contributed by atoms with van der Waals surface area (Å²) in [6, 6.07) is 11.8. The Morgan fingerprint density at radius 1 is 1.00 bits per heavy atom. The van der Waals surface area contributed by atoms with Crippen molar-refractivity contribution in [2.24, 2.45) is 5.92 Å². The Labute approximate surface area is 183 Å². The SMILES string of the molecule is CCOc1ccc(C(=O)N[C@H](C(=O)Nc2ccc(S(=O)(=O)N(C)C)cc2)C(C)C)cc1. The minimum Gasteiger partial charge on any atom is -0.494 e. The van der Waals surface area contributed by atoms with Gasteiger partial charge in [0.2, 0.25) is 15.9 Å². The molecule has 1 atom stereocenters. The van der Waals surface area contributed by atoms with E-state index >= 15 is 0 Å². The van der Waals surface area contributed by atoms with Crippen molar-refractivity contribution in [2.75, 3.05) is 26.0 Å². The summed E-state index contributed by atoms with van der Waals surface area (Å²) in [5, 5.41) is 5.49. The van der Waals surface area contributed by atoms with Crippen LogP contribution >= 0.6 is 0 Å². The summed E-state index contributed by atoms with van der Waals surface area (Å²) in [6.45, 7) is 6.06. The van der Waals surface area contributed by atoms with Crippen molar-refractivity contribution < 1.29 is 22.7 Å². The fourth-order valence-electron chi connectivity index (χ4n) is 2.77. The number of nitrogens with zero attached hydrogens (tertiary/aromatic N) is 1. The highest BCUT2D eigenvalue weighted by atomic mass is 32.2. The Balaban J connectivity index is 2.09. The van der Waals surface area contributed by atoms with Crippen LogP contribution in [0.15, 0.2) is 53.4 Å². The molecule has 0 aromatic heterocycles. The maximum Gasteiger partial charge on any atom is 0.251 e. The number of sulfonamides is 1. The van der Waals surface area contributed by atoms with Gasteiger partial charge in [-0.15, -0.1) is 0 Å². The van der Waals surface area contributed by atoms with Gasteiger partial charge in [0.1, 0.15) is 11.8 Å².